The minimum Gasteiger partial charge on any atom is -0.422 e. The van der Waals surface area contributed by atoms with E-state index in [9.17, 15) is 21.6 Å². The van der Waals surface area contributed by atoms with Crippen LogP contribution >= 0.6 is 11.3 Å². The first-order valence-electron chi connectivity index (χ1n) is 10.6. The fourth-order valence-electron chi connectivity index (χ4n) is 3.42. The van der Waals surface area contributed by atoms with E-state index in [2.05, 4.69) is 20.5 Å². The molecule has 16 heteroatoms. The van der Waals surface area contributed by atoms with E-state index in [0.717, 1.165) is 28.7 Å². The van der Waals surface area contributed by atoms with Crippen LogP contribution in [0.3, 0.4) is 0 Å². The number of aliphatic hydroxyl groups excluding tert-OH is 1. The van der Waals surface area contributed by atoms with Gasteiger partial charge in [0.15, 0.2) is 15.1 Å². The normalized spacial score (nSPS) is 13.1. The van der Waals surface area contributed by atoms with Gasteiger partial charge in [-0.15, -0.1) is 21.5 Å². The molecular formula is C21H22N6O7S3. The van der Waals surface area contributed by atoms with Crippen LogP contribution in [0.4, 0.5) is 0 Å². The van der Waals surface area contributed by atoms with E-state index >= 15 is 0 Å². The maximum Gasteiger partial charge on any atom is 0.274 e. The van der Waals surface area contributed by atoms with Crippen LogP contribution in [0.5, 0.6) is 0 Å². The van der Waals surface area contributed by atoms with Crippen LogP contribution in [0, 0.1) is 0 Å². The van der Waals surface area contributed by atoms with Gasteiger partial charge in [0.25, 0.3) is 16.1 Å². The number of thiazole rings is 1. The maximum atomic E-state index is 12.7. The standard InChI is InChI=1S/C21H22N6O7S3/c1-36(30,31)18(20-27-26-17(34-20)11-24-37(22,32)33)21-25-15-6-5-13(10-16(15)35-21)12-3-2-4-14(9-12)19(29)23-7-8-28/h2-6,9-10,18,24,28H,7-8,11H2,1H3,(H,23,29)(H2,22,32,33). The van der Waals surface area contributed by atoms with Crippen molar-refractivity contribution in [2.75, 3.05) is 19.4 Å². The number of benzene rings is 2. The molecule has 1 amide bonds. The van der Waals surface area contributed by atoms with E-state index in [1.165, 1.54) is 0 Å². The number of aliphatic hydroxyl groups is 1. The molecule has 0 aliphatic heterocycles. The van der Waals surface area contributed by atoms with E-state index in [4.69, 9.17) is 14.7 Å². The van der Waals surface area contributed by atoms with Gasteiger partial charge in [-0.05, 0) is 35.4 Å². The van der Waals surface area contributed by atoms with Crippen LogP contribution in [0.2, 0.25) is 0 Å². The molecule has 1 unspecified atom stereocenters. The van der Waals surface area contributed by atoms with Crippen molar-refractivity contribution in [1.29, 1.82) is 0 Å². The summed E-state index contributed by atoms with van der Waals surface area (Å²) in [6, 6.07) is 12.3. The van der Waals surface area contributed by atoms with Crippen LogP contribution in [0.1, 0.15) is 32.4 Å². The topological polar surface area (TPSA) is 207 Å². The predicted octanol–water partition coefficient (Wildman–Crippen LogP) is 0.496. The first-order chi connectivity index (χ1) is 17.4. The number of nitrogens with zero attached hydrogens (tertiary/aromatic N) is 3. The van der Waals surface area contributed by atoms with Crippen molar-refractivity contribution >= 4 is 47.5 Å². The molecule has 0 aliphatic rings. The third kappa shape index (κ3) is 6.54. The Kier molecular flexibility index (Phi) is 7.67. The summed E-state index contributed by atoms with van der Waals surface area (Å²) in [4.78, 5) is 16.7. The van der Waals surface area contributed by atoms with Gasteiger partial charge in [0, 0.05) is 18.4 Å². The second-order valence-corrected chi connectivity index (χ2v) is 12.5. The zero-order valence-corrected chi connectivity index (χ0v) is 21.7. The summed E-state index contributed by atoms with van der Waals surface area (Å²) < 4.78 is 55.6. The molecule has 196 valence electrons. The molecule has 4 aromatic rings. The molecule has 4 rings (SSSR count). The van der Waals surface area contributed by atoms with Crippen LogP contribution in [-0.4, -0.2) is 62.4 Å². The van der Waals surface area contributed by atoms with Crippen LogP contribution < -0.4 is 15.2 Å². The monoisotopic (exact) mass is 566 g/mol. The Labute approximate surface area is 215 Å². The molecule has 2 heterocycles. The largest absolute Gasteiger partial charge is 0.422 e. The van der Waals surface area contributed by atoms with E-state index in [0.29, 0.717) is 15.8 Å². The van der Waals surface area contributed by atoms with Gasteiger partial charge in [-0.2, -0.15) is 13.1 Å². The SMILES string of the molecule is CS(=O)(=O)C(c1nnc(CNS(N)(=O)=O)o1)c1nc2ccc(-c3cccc(C(=O)NCCO)c3)cc2s1. The predicted molar refractivity (Wildman–Crippen MR) is 135 cm³/mol. The summed E-state index contributed by atoms with van der Waals surface area (Å²) >= 11 is 1.13. The third-order valence-electron chi connectivity index (χ3n) is 5.04. The molecule has 1 atom stereocenters. The van der Waals surface area contributed by atoms with Crippen LogP contribution in [0.25, 0.3) is 21.3 Å². The maximum absolute atomic E-state index is 12.7. The number of carbonyl (C=O) groups is 1. The van der Waals surface area contributed by atoms with Crippen molar-refractivity contribution in [2.24, 2.45) is 5.14 Å². The second-order valence-electron chi connectivity index (χ2n) is 7.90. The molecule has 5 N–H and O–H groups in total. The Hall–Kier alpha value is -3.28. The number of sulfone groups is 1. The molecule has 2 aromatic carbocycles. The molecule has 0 aliphatic carbocycles. The number of nitrogens with two attached hydrogens (primary N) is 1. The fraction of sp³-hybridized carbons (Fsp3) is 0.238. The number of rotatable bonds is 10. The Balaban J connectivity index is 1.66. The van der Waals surface area contributed by atoms with E-state index < -0.39 is 31.8 Å². The Morgan fingerprint density at radius 3 is 2.59 bits per heavy atom. The first-order valence-corrected chi connectivity index (χ1v) is 14.9. The Bertz CT molecular complexity index is 1660. The van der Waals surface area contributed by atoms with E-state index in [-0.39, 0.29) is 35.8 Å². The molecule has 0 saturated carbocycles. The molecule has 2 aromatic heterocycles. The van der Waals surface area contributed by atoms with Crippen molar-refractivity contribution in [3.8, 4) is 11.1 Å². The smallest absolute Gasteiger partial charge is 0.274 e. The lowest BCUT2D eigenvalue weighted by Gasteiger charge is -2.07. The highest BCUT2D eigenvalue weighted by Gasteiger charge is 2.34. The summed E-state index contributed by atoms with van der Waals surface area (Å²) in [5, 5.41) is 22.7. The molecule has 0 saturated heterocycles. The minimum absolute atomic E-state index is 0.143. The fourth-order valence-corrected chi connectivity index (χ4v) is 6.28. The summed E-state index contributed by atoms with van der Waals surface area (Å²) in [6.45, 7) is -0.422. The van der Waals surface area contributed by atoms with Crippen molar-refractivity contribution in [3.63, 3.8) is 0 Å². The van der Waals surface area contributed by atoms with Gasteiger partial charge in [-0.3, -0.25) is 4.79 Å². The number of amides is 1. The first kappa shape index (κ1) is 26.8. The molecule has 37 heavy (non-hydrogen) atoms. The highest BCUT2D eigenvalue weighted by molar-refractivity contribution is 7.91. The lowest BCUT2D eigenvalue weighted by molar-refractivity contribution is 0.0944. The molecular weight excluding hydrogens is 544 g/mol. The van der Waals surface area contributed by atoms with Crippen molar-refractivity contribution in [1.82, 2.24) is 25.2 Å². The number of hydrogen-bond acceptors (Lipinski definition) is 11. The van der Waals surface area contributed by atoms with Gasteiger partial charge in [0.2, 0.25) is 11.8 Å². The molecule has 0 spiro atoms. The Morgan fingerprint density at radius 1 is 1.14 bits per heavy atom. The third-order valence-corrected chi connectivity index (χ3v) is 8.10. The summed E-state index contributed by atoms with van der Waals surface area (Å²) in [7, 11) is -7.82. The summed E-state index contributed by atoms with van der Waals surface area (Å²) in [5.74, 6) is -0.732. The average molecular weight is 567 g/mol. The highest BCUT2D eigenvalue weighted by Crippen LogP contribution is 2.36. The highest BCUT2D eigenvalue weighted by atomic mass is 32.2. The second kappa shape index (κ2) is 10.6. The van der Waals surface area contributed by atoms with Gasteiger partial charge in [-0.1, -0.05) is 18.2 Å². The quantitative estimate of drug-likeness (QED) is 0.209. The lowest BCUT2D eigenvalue weighted by Crippen LogP contribution is -2.30. The molecule has 0 fully saturated rings. The number of carbonyl (C=O) groups excluding carboxylic acids is 1. The van der Waals surface area contributed by atoms with Gasteiger partial charge < -0.3 is 14.8 Å². The van der Waals surface area contributed by atoms with E-state index in [1.54, 1.807) is 30.3 Å². The Morgan fingerprint density at radius 2 is 1.89 bits per heavy atom. The van der Waals surface area contributed by atoms with Crippen molar-refractivity contribution in [2.45, 2.75) is 11.8 Å². The van der Waals surface area contributed by atoms with Gasteiger partial charge >= 0.3 is 0 Å². The van der Waals surface area contributed by atoms with Gasteiger partial charge in [-0.25, -0.2) is 18.5 Å². The lowest BCUT2D eigenvalue weighted by atomic mass is 10.0. The molecule has 13 nitrogen and oxygen atoms in total. The summed E-state index contributed by atoms with van der Waals surface area (Å²) in [6.07, 6.45) is 1.01. The van der Waals surface area contributed by atoms with Crippen LogP contribution in [0.15, 0.2) is 46.9 Å². The number of aromatic nitrogens is 3. The van der Waals surface area contributed by atoms with Gasteiger partial charge in [0.1, 0.15) is 5.01 Å². The number of nitrogens with one attached hydrogen (secondary N) is 2. The van der Waals surface area contributed by atoms with E-state index in [1.807, 2.05) is 16.9 Å². The molecule has 0 bridgehead atoms. The van der Waals surface area contributed by atoms with Gasteiger partial charge in [0.05, 0.1) is 23.4 Å². The zero-order valence-electron chi connectivity index (χ0n) is 19.3. The zero-order chi connectivity index (χ0) is 26.8. The molecule has 0 radical (unpaired) electrons. The number of fused-ring (bicyclic) bond motifs is 1. The van der Waals surface area contributed by atoms with Crippen molar-refractivity contribution < 1.29 is 31.2 Å². The van der Waals surface area contributed by atoms with Crippen LogP contribution in [-0.2, 0) is 26.6 Å². The minimum atomic E-state index is -4.01. The average Bonchev–Trinajstić information content (AvgIpc) is 3.46. The number of hydrogen-bond donors (Lipinski definition) is 4. The van der Waals surface area contributed by atoms with Crippen molar-refractivity contribution in [3.05, 3.63) is 64.8 Å². The summed E-state index contributed by atoms with van der Waals surface area (Å²) in [5.41, 5.74) is 2.52.